The summed E-state index contributed by atoms with van der Waals surface area (Å²) in [5, 5.41) is 8.41. The lowest BCUT2D eigenvalue weighted by Gasteiger charge is -1.97. The Morgan fingerprint density at radius 1 is 1.64 bits per heavy atom. The van der Waals surface area contributed by atoms with Crippen LogP contribution in [0.1, 0.15) is 5.69 Å². The smallest absolute Gasteiger partial charge is 0.195 e. The van der Waals surface area contributed by atoms with Gasteiger partial charge in [-0.2, -0.15) is 5.26 Å². The number of nitriles is 1. The van der Waals surface area contributed by atoms with E-state index >= 15 is 0 Å². The van der Waals surface area contributed by atoms with E-state index in [2.05, 4.69) is 4.98 Å². The van der Waals surface area contributed by atoms with E-state index in [1.165, 1.54) is 19.2 Å². The van der Waals surface area contributed by atoms with Crippen molar-refractivity contribution in [1.82, 2.24) is 4.98 Å². The number of ether oxygens (including phenoxy) is 1. The summed E-state index contributed by atoms with van der Waals surface area (Å²) in [4.78, 5) is 13.4. The van der Waals surface area contributed by atoms with Crippen molar-refractivity contribution in [3.63, 3.8) is 0 Å². The summed E-state index contributed by atoms with van der Waals surface area (Å²) in [5.74, 6) is 0.300. The number of methoxy groups -OCH3 is 1. The maximum atomic E-state index is 10.8. The highest BCUT2D eigenvalue weighted by molar-refractivity contribution is 5.24. The van der Waals surface area contributed by atoms with Gasteiger partial charge in [0, 0.05) is 12.1 Å². The maximum Gasteiger partial charge on any atom is 0.195 e. The Morgan fingerprint density at radius 2 is 2.36 bits per heavy atom. The molecule has 0 radical (unpaired) electrons. The van der Waals surface area contributed by atoms with Gasteiger partial charge in [-0.25, -0.2) is 0 Å². The predicted molar refractivity (Wildman–Crippen MR) is 38.3 cm³/mol. The fraction of sp³-hybridized carbons (Fsp3) is 0.143. The Bertz CT molecular complexity index is 348. The van der Waals surface area contributed by atoms with Gasteiger partial charge in [0.25, 0.3) is 0 Å². The monoisotopic (exact) mass is 150 g/mol. The number of rotatable bonds is 1. The minimum Gasteiger partial charge on any atom is -0.482 e. The quantitative estimate of drug-likeness (QED) is 0.624. The molecule has 1 heterocycles. The Morgan fingerprint density at radius 3 is 2.91 bits per heavy atom. The molecule has 0 aromatic carbocycles. The molecule has 4 heteroatoms. The lowest BCUT2D eigenvalue weighted by atomic mass is 10.4. The second kappa shape index (κ2) is 2.88. The van der Waals surface area contributed by atoms with E-state index in [4.69, 9.17) is 10.00 Å². The normalized spacial score (nSPS) is 8.73. The number of H-pyrrole nitrogens is 1. The molecule has 0 spiro atoms. The van der Waals surface area contributed by atoms with Gasteiger partial charge in [-0.3, -0.25) is 4.79 Å². The zero-order chi connectivity index (χ0) is 8.27. The lowest BCUT2D eigenvalue weighted by molar-refractivity contribution is 0.397. The first-order chi connectivity index (χ1) is 5.26. The van der Waals surface area contributed by atoms with Gasteiger partial charge in [0.05, 0.1) is 7.11 Å². The standard InChI is InChI=1S/C7H6N2O2/c1-11-7-3-6(10)2-5(4-8)9-7/h2-3H,1H3,(H,9,10). The molecule has 0 amide bonds. The third-order valence-corrected chi connectivity index (χ3v) is 1.16. The van der Waals surface area contributed by atoms with Crippen molar-refractivity contribution in [2.24, 2.45) is 0 Å². The molecule has 0 fully saturated rings. The van der Waals surface area contributed by atoms with Crippen LogP contribution in [0.2, 0.25) is 0 Å². The molecule has 1 rings (SSSR count). The Balaban J connectivity index is 3.26. The van der Waals surface area contributed by atoms with Crippen LogP contribution in [-0.4, -0.2) is 12.1 Å². The molecule has 0 atom stereocenters. The van der Waals surface area contributed by atoms with Gasteiger partial charge in [-0.1, -0.05) is 0 Å². The molecular formula is C7H6N2O2. The summed E-state index contributed by atoms with van der Waals surface area (Å²) < 4.78 is 4.73. The Labute approximate surface area is 63.0 Å². The fourth-order valence-corrected chi connectivity index (χ4v) is 0.688. The highest BCUT2D eigenvalue weighted by atomic mass is 16.5. The van der Waals surface area contributed by atoms with Crippen LogP contribution < -0.4 is 10.2 Å². The lowest BCUT2D eigenvalue weighted by Crippen LogP contribution is -2.02. The number of aromatic amines is 1. The van der Waals surface area contributed by atoms with Crippen LogP contribution in [0.4, 0.5) is 0 Å². The summed E-state index contributed by atoms with van der Waals surface area (Å²) in [5.41, 5.74) is -0.0356. The minimum absolute atomic E-state index is 0.203. The van der Waals surface area contributed by atoms with E-state index in [0.29, 0.717) is 5.88 Å². The fourth-order valence-electron chi connectivity index (χ4n) is 0.688. The van der Waals surface area contributed by atoms with Gasteiger partial charge in [0.15, 0.2) is 11.3 Å². The van der Waals surface area contributed by atoms with Crippen LogP contribution in [-0.2, 0) is 0 Å². The van der Waals surface area contributed by atoms with Gasteiger partial charge < -0.3 is 9.72 Å². The predicted octanol–water partition coefficient (Wildman–Crippen LogP) is 0.255. The second-order valence-electron chi connectivity index (χ2n) is 1.91. The first-order valence-corrected chi connectivity index (χ1v) is 2.94. The Hall–Kier alpha value is -1.76. The van der Waals surface area contributed by atoms with Crippen LogP contribution in [0.3, 0.4) is 0 Å². The maximum absolute atomic E-state index is 10.8. The average Bonchev–Trinajstić information content (AvgIpc) is 2.03. The minimum atomic E-state index is -0.239. The summed E-state index contributed by atoms with van der Waals surface area (Å²) in [6.07, 6.45) is 0. The van der Waals surface area contributed by atoms with Crippen molar-refractivity contribution in [3.8, 4) is 11.9 Å². The van der Waals surface area contributed by atoms with E-state index < -0.39 is 0 Å². The van der Waals surface area contributed by atoms with Gasteiger partial charge in [-0.15, -0.1) is 0 Å². The van der Waals surface area contributed by atoms with Crippen LogP contribution >= 0.6 is 0 Å². The van der Waals surface area contributed by atoms with Crippen LogP contribution in [0.5, 0.6) is 5.88 Å². The van der Waals surface area contributed by atoms with Gasteiger partial charge in [-0.05, 0) is 0 Å². The molecular weight excluding hydrogens is 144 g/mol. The molecule has 1 aromatic heterocycles. The van der Waals surface area contributed by atoms with E-state index in [1.54, 1.807) is 6.07 Å². The van der Waals surface area contributed by atoms with Crippen molar-refractivity contribution < 1.29 is 4.74 Å². The molecule has 0 saturated heterocycles. The third kappa shape index (κ3) is 1.58. The van der Waals surface area contributed by atoms with E-state index in [9.17, 15) is 4.79 Å². The second-order valence-corrected chi connectivity index (χ2v) is 1.91. The van der Waals surface area contributed by atoms with Crippen molar-refractivity contribution in [1.29, 1.82) is 5.26 Å². The van der Waals surface area contributed by atoms with Crippen molar-refractivity contribution >= 4 is 0 Å². The topological polar surface area (TPSA) is 65.9 Å². The zero-order valence-corrected chi connectivity index (χ0v) is 5.92. The van der Waals surface area contributed by atoms with Crippen LogP contribution in [0.15, 0.2) is 16.9 Å². The van der Waals surface area contributed by atoms with Gasteiger partial charge >= 0.3 is 0 Å². The highest BCUT2D eigenvalue weighted by Crippen LogP contribution is 2.00. The molecule has 0 aliphatic carbocycles. The van der Waals surface area contributed by atoms with Crippen LogP contribution in [0, 0.1) is 11.3 Å². The molecule has 11 heavy (non-hydrogen) atoms. The van der Waals surface area contributed by atoms with Crippen molar-refractivity contribution in [3.05, 3.63) is 28.0 Å². The van der Waals surface area contributed by atoms with Crippen LogP contribution in [0.25, 0.3) is 0 Å². The van der Waals surface area contributed by atoms with Gasteiger partial charge in [0.2, 0.25) is 0 Å². The molecule has 0 saturated carbocycles. The summed E-state index contributed by atoms with van der Waals surface area (Å²) in [6, 6.07) is 4.30. The van der Waals surface area contributed by atoms with Crippen molar-refractivity contribution in [2.75, 3.05) is 7.11 Å². The Kier molecular flexibility index (Phi) is 1.93. The first-order valence-electron chi connectivity index (χ1n) is 2.94. The first kappa shape index (κ1) is 7.35. The number of pyridine rings is 1. The van der Waals surface area contributed by atoms with E-state index in [-0.39, 0.29) is 11.1 Å². The molecule has 0 unspecified atom stereocenters. The van der Waals surface area contributed by atoms with E-state index in [1.807, 2.05) is 0 Å². The number of hydrogen-bond donors (Lipinski definition) is 1. The largest absolute Gasteiger partial charge is 0.482 e. The number of nitrogens with zero attached hydrogens (tertiary/aromatic N) is 1. The SMILES string of the molecule is COc1cc(=O)cc(C#N)[nH]1. The molecule has 0 aliphatic rings. The number of nitrogens with one attached hydrogen (secondary N) is 1. The molecule has 1 N–H and O–H groups in total. The average molecular weight is 150 g/mol. The van der Waals surface area contributed by atoms with E-state index in [0.717, 1.165) is 0 Å². The summed E-state index contributed by atoms with van der Waals surface area (Å²) in [7, 11) is 1.42. The highest BCUT2D eigenvalue weighted by Gasteiger charge is 1.95. The summed E-state index contributed by atoms with van der Waals surface area (Å²) >= 11 is 0. The number of aromatic nitrogens is 1. The molecule has 56 valence electrons. The molecule has 1 aromatic rings. The zero-order valence-electron chi connectivity index (χ0n) is 5.92. The number of hydrogen-bond acceptors (Lipinski definition) is 3. The third-order valence-electron chi connectivity index (χ3n) is 1.16. The molecule has 0 bridgehead atoms. The molecule has 0 aliphatic heterocycles. The van der Waals surface area contributed by atoms with Crippen molar-refractivity contribution in [2.45, 2.75) is 0 Å². The summed E-state index contributed by atoms with van der Waals surface area (Å²) in [6.45, 7) is 0. The van der Waals surface area contributed by atoms with Gasteiger partial charge in [0.1, 0.15) is 11.8 Å². The molecule has 4 nitrogen and oxygen atoms in total.